The number of aliphatic imine (C=N–C) groups is 1. The van der Waals surface area contributed by atoms with Gasteiger partial charge in [-0.15, -0.1) is 0 Å². The van der Waals surface area contributed by atoms with Gasteiger partial charge in [-0.3, -0.25) is 9.79 Å². The minimum atomic E-state index is -0.134. The Labute approximate surface area is 154 Å². The molecule has 1 aromatic carbocycles. The number of fused-ring (bicyclic) bond motifs is 1. The molecule has 6 heteroatoms. The van der Waals surface area contributed by atoms with E-state index in [1.165, 1.54) is 29.3 Å². The zero-order chi connectivity index (χ0) is 18.7. The molecule has 2 aromatic rings. The van der Waals surface area contributed by atoms with E-state index in [0.29, 0.717) is 6.54 Å². The van der Waals surface area contributed by atoms with Crippen LogP contribution in [-0.2, 0) is 16.0 Å². The molecule has 6 nitrogen and oxygen atoms in total. The van der Waals surface area contributed by atoms with E-state index >= 15 is 0 Å². The van der Waals surface area contributed by atoms with Gasteiger partial charge in [0, 0.05) is 43.3 Å². The maximum Gasteiger partial charge on any atom is 0.310 e. The van der Waals surface area contributed by atoms with Crippen molar-refractivity contribution in [1.29, 1.82) is 0 Å². The Morgan fingerprint density at radius 1 is 1.38 bits per heavy atom. The number of aromatic amines is 1. The van der Waals surface area contributed by atoms with Crippen LogP contribution in [0.5, 0.6) is 0 Å². The Balaban J connectivity index is 1.61. The molecule has 0 aliphatic carbocycles. The summed E-state index contributed by atoms with van der Waals surface area (Å²) in [4.78, 5) is 21.9. The Morgan fingerprint density at radius 3 is 2.88 bits per heavy atom. The molecule has 2 unspecified atom stereocenters. The number of hydrogen-bond donors (Lipinski definition) is 2. The number of rotatable bonds is 4. The smallest absolute Gasteiger partial charge is 0.310 e. The quantitative estimate of drug-likeness (QED) is 0.501. The highest BCUT2D eigenvalue weighted by atomic mass is 16.5. The highest BCUT2D eigenvalue weighted by molar-refractivity contribution is 5.85. The van der Waals surface area contributed by atoms with Gasteiger partial charge in [0.05, 0.1) is 13.0 Å². The molecule has 26 heavy (non-hydrogen) atoms. The number of methoxy groups -OCH3 is 1. The molecular formula is C20H28N4O2. The molecule has 0 bridgehead atoms. The minimum absolute atomic E-state index is 0.0885. The summed E-state index contributed by atoms with van der Waals surface area (Å²) in [5, 5.41) is 4.73. The molecule has 1 aliphatic rings. The number of aryl methyl sites for hydroxylation is 1. The molecule has 0 radical (unpaired) electrons. The van der Waals surface area contributed by atoms with E-state index in [9.17, 15) is 4.79 Å². The van der Waals surface area contributed by atoms with Gasteiger partial charge in [0.2, 0.25) is 0 Å². The molecule has 1 aromatic heterocycles. The highest BCUT2D eigenvalue weighted by Gasteiger charge is 2.36. The number of esters is 1. The maximum absolute atomic E-state index is 11.9. The first-order chi connectivity index (χ1) is 12.5. The van der Waals surface area contributed by atoms with E-state index < -0.39 is 0 Å². The fourth-order valence-corrected chi connectivity index (χ4v) is 3.89. The summed E-state index contributed by atoms with van der Waals surface area (Å²) in [6.45, 7) is 6.46. The summed E-state index contributed by atoms with van der Waals surface area (Å²) in [7, 11) is 3.24. The minimum Gasteiger partial charge on any atom is -0.469 e. The number of hydrogen-bond acceptors (Lipinski definition) is 3. The molecule has 0 spiro atoms. The third-order valence-electron chi connectivity index (χ3n) is 5.31. The Morgan fingerprint density at radius 2 is 2.15 bits per heavy atom. The zero-order valence-corrected chi connectivity index (χ0v) is 16.0. The molecule has 3 rings (SSSR count). The normalized spacial score (nSPS) is 20.6. The molecule has 2 N–H and O–H groups in total. The van der Waals surface area contributed by atoms with Crippen LogP contribution in [0, 0.1) is 18.8 Å². The first kappa shape index (κ1) is 18.3. The third kappa shape index (κ3) is 3.54. The number of nitrogens with one attached hydrogen (secondary N) is 2. The molecule has 2 atom stereocenters. The number of carbonyl (C=O) groups is 1. The average molecular weight is 356 g/mol. The van der Waals surface area contributed by atoms with Crippen molar-refractivity contribution >= 4 is 22.8 Å². The lowest BCUT2D eigenvalue weighted by atomic mass is 9.99. The van der Waals surface area contributed by atoms with Gasteiger partial charge in [-0.25, -0.2) is 0 Å². The number of para-hydroxylation sites is 1. The van der Waals surface area contributed by atoms with E-state index in [1.54, 1.807) is 7.05 Å². The second-order valence-electron chi connectivity index (χ2n) is 7.01. The number of likely N-dealkylation sites (tertiary alicyclic amines) is 1. The van der Waals surface area contributed by atoms with Crippen molar-refractivity contribution in [3.8, 4) is 0 Å². The third-order valence-corrected chi connectivity index (χ3v) is 5.31. The number of aromatic nitrogens is 1. The lowest BCUT2D eigenvalue weighted by molar-refractivity contribution is -0.145. The predicted octanol–water partition coefficient (Wildman–Crippen LogP) is 2.34. The summed E-state index contributed by atoms with van der Waals surface area (Å²) in [5.74, 6) is 0.886. The van der Waals surface area contributed by atoms with Crippen molar-refractivity contribution in [2.75, 3.05) is 33.8 Å². The van der Waals surface area contributed by atoms with Gasteiger partial charge in [-0.1, -0.05) is 25.1 Å². The van der Waals surface area contributed by atoms with Crippen molar-refractivity contribution in [1.82, 2.24) is 15.2 Å². The first-order valence-electron chi connectivity index (χ1n) is 9.14. The predicted molar refractivity (Wildman–Crippen MR) is 104 cm³/mol. The van der Waals surface area contributed by atoms with E-state index in [0.717, 1.165) is 25.5 Å². The highest BCUT2D eigenvalue weighted by Crippen LogP contribution is 2.24. The Kier molecular flexibility index (Phi) is 5.49. The summed E-state index contributed by atoms with van der Waals surface area (Å²) >= 11 is 0. The fourth-order valence-electron chi connectivity index (χ4n) is 3.89. The molecule has 2 heterocycles. The van der Waals surface area contributed by atoms with Crippen LogP contribution in [0.25, 0.3) is 10.9 Å². The van der Waals surface area contributed by atoms with Crippen molar-refractivity contribution in [2.45, 2.75) is 20.3 Å². The van der Waals surface area contributed by atoms with Crippen LogP contribution in [0.3, 0.4) is 0 Å². The van der Waals surface area contributed by atoms with Crippen LogP contribution in [0.1, 0.15) is 18.2 Å². The molecule has 0 saturated carbocycles. The van der Waals surface area contributed by atoms with Crippen LogP contribution < -0.4 is 5.32 Å². The van der Waals surface area contributed by atoms with Gasteiger partial charge >= 0.3 is 5.97 Å². The number of ether oxygens (including phenoxy) is 1. The summed E-state index contributed by atoms with van der Waals surface area (Å²) in [6.07, 6.45) is 0.915. The zero-order valence-electron chi connectivity index (χ0n) is 16.0. The monoisotopic (exact) mass is 356 g/mol. The van der Waals surface area contributed by atoms with Gasteiger partial charge in [-0.05, 0) is 30.9 Å². The summed E-state index contributed by atoms with van der Waals surface area (Å²) in [6, 6.07) is 8.39. The largest absolute Gasteiger partial charge is 0.469 e. The maximum atomic E-state index is 11.9. The molecule has 1 aliphatic heterocycles. The van der Waals surface area contributed by atoms with Crippen molar-refractivity contribution in [3.05, 3.63) is 35.5 Å². The molecule has 140 valence electrons. The van der Waals surface area contributed by atoms with Gasteiger partial charge < -0.3 is 19.9 Å². The Bertz CT molecular complexity index is 811. The first-order valence-corrected chi connectivity index (χ1v) is 9.14. The standard InChI is InChI=1S/C20H28N4O2/c1-13-11-24(12-17(13)19(25)26-4)20(21-3)22-10-9-15-14(2)23-18-8-6-5-7-16(15)18/h5-8,13,17,23H,9-12H2,1-4H3,(H,21,22). The number of guanidine groups is 1. The van der Waals surface area contributed by atoms with Crippen LogP contribution in [-0.4, -0.2) is 55.6 Å². The van der Waals surface area contributed by atoms with Gasteiger partial charge in [0.15, 0.2) is 5.96 Å². The lowest BCUT2D eigenvalue weighted by Gasteiger charge is -2.21. The van der Waals surface area contributed by atoms with Crippen LogP contribution in [0.4, 0.5) is 0 Å². The van der Waals surface area contributed by atoms with Gasteiger partial charge in [0.25, 0.3) is 0 Å². The van der Waals surface area contributed by atoms with E-state index in [4.69, 9.17) is 4.74 Å². The molecule has 1 fully saturated rings. The SMILES string of the molecule is CN=C(NCCc1c(C)[nH]c2ccccc12)N1CC(C)C(C(=O)OC)C1. The number of benzene rings is 1. The van der Waals surface area contributed by atoms with Crippen LogP contribution in [0.2, 0.25) is 0 Å². The van der Waals surface area contributed by atoms with E-state index in [2.05, 4.69) is 58.3 Å². The molecular weight excluding hydrogens is 328 g/mol. The lowest BCUT2D eigenvalue weighted by Crippen LogP contribution is -2.41. The average Bonchev–Trinajstić information content (AvgIpc) is 3.18. The summed E-state index contributed by atoms with van der Waals surface area (Å²) in [5.41, 5.74) is 3.73. The van der Waals surface area contributed by atoms with Crippen molar-refractivity contribution < 1.29 is 9.53 Å². The second kappa shape index (κ2) is 7.81. The number of carbonyl (C=O) groups excluding carboxylic acids is 1. The number of H-pyrrole nitrogens is 1. The fraction of sp³-hybridized carbons (Fsp3) is 0.500. The van der Waals surface area contributed by atoms with Crippen molar-refractivity contribution in [3.63, 3.8) is 0 Å². The van der Waals surface area contributed by atoms with Gasteiger partial charge in [0.1, 0.15) is 0 Å². The van der Waals surface area contributed by atoms with Crippen molar-refractivity contribution in [2.24, 2.45) is 16.8 Å². The van der Waals surface area contributed by atoms with Crippen LogP contribution in [0.15, 0.2) is 29.3 Å². The van der Waals surface area contributed by atoms with Gasteiger partial charge in [-0.2, -0.15) is 0 Å². The number of nitrogens with zero attached hydrogens (tertiary/aromatic N) is 2. The second-order valence-corrected chi connectivity index (χ2v) is 7.01. The van der Waals surface area contributed by atoms with Crippen LogP contribution >= 0.6 is 0 Å². The molecule has 1 saturated heterocycles. The molecule has 0 amide bonds. The Hall–Kier alpha value is -2.50. The topological polar surface area (TPSA) is 69.7 Å². The van der Waals surface area contributed by atoms with E-state index in [1.807, 2.05) is 0 Å². The van der Waals surface area contributed by atoms with E-state index in [-0.39, 0.29) is 17.8 Å². The summed E-state index contributed by atoms with van der Waals surface area (Å²) < 4.78 is 4.92.